The van der Waals surface area contributed by atoms with Gasteiger partial charge in [0.2, 0.25) is 0 Å². The summed E-state index contributed by atoms with van der Waals surface area (Å²) in [6.07, 6.45) is 23.1. The average molecular weight is 223 g/mol. The monoisotopic (exact) mass is 223 g/mol. The van der Waals surface area contributed by atoms with Crippen molar-refractivity contribution >= 4 is 0 Å². The lowest BCUT2D eigenvalue weighted by molar-refractivity contribution is 0.528. The fraction of sp³-hybridized carbons (Fsp3) is 0.125. The van der Waals surface area contributed by atoms with Crippen molar-refractivity contribution in [3.63, 3.8) is 0 Å². The first kappa shape index (κ1) is 11.5. The quantitative estimate of drug-likeness (QED) is 0.649. The third-order valence-electron chi connectivity index (χ3n) is 2.68. The number of allylic oxidation sites excluding steroid dienone is 11. The predicted octanol–water partition coefficient (Wildman–Crippen LogP) is 3.39. The van der Waals surface area contributed by atoms with Gasteiger partial charge in [0.25, 0.3) is 0 Å². The summed E-state index contributed by atoms with van der Waals surface area (Å²) in [5.74, 6) is 0. The molecule has 0 atom stereocenters. The Morgan fingerprint density at radius 1 is 0.941 bits per heavy atom. The second-order valence-electron chi connectivity index (χ2n) is 4.23. The van der Waals surface area contributed by atoms with Crippen LogP contribution in [-0.4, -0.2) is 19.0 Å². The van der Waals surface area contributed by atoms with Crippen LogP contribution in [0.5, 0.6) is 0 Å². The molecule has 0 bridgehead atoms. The van der Waals surface area contributed by atoms with Crippen molar-refractivity contribution in [3.8, 4) is 0 Å². The topological polar surface area (TPSA) is 3.24 Å². The minimum Gasteiger partial charge on any atom is -0.416 e. The molecule has 0 saturated carbocycles. The smallest absolute Gasteiger partial charge is 0.00314 e. The van der Waals surface area contributed by atoms with Crippen molar-refractivity contribution in [2.24, 2.45) is 0 Å². The second kappa shape index (κ2) is 5.35. The van der Waals surface area contributed by atoms with Gasteiger partial charge in [-0.25, -0.2) is 0 Å². The van der Waals surface area contributed by atoms with Crippen LogP contribution < -0.4 is 0 Å². The first-order valence-electron chi connectivity index (χ1n) is 5.76. The van der Waals surface area contributed by atoms with Crippen molar-refractivity contribution in [2.45, 2.75) is 0 Å². The summed E-state index contributed by atoms with van der Waals surface area (Å²) < 4.78 is 0. The Morgan fingerprint density at radius 3 is 2.24 bits per heavy atom. The Labute approximate surface area is 104 Å². The highest BCUT2D eigenvalue weighted by molar-refractivity contribution is 5.47. The van der Waals surface area contributed by atoms with Crippen LogP contribution in [0, 0.1) is 12.8 Å². The molecule has 88 valence electrons. The molecule has 0 aromatic heterocycles. The van der Waals surface area contributed by atoms with Gasteiger partial charge in [-0.2, -0.15) is 23.3 Å². The number of nitrogens with zero attached hydrogens (tertiary/aromatic N) is 1. The van der Waals surface area contributed by atoms with Crippen LogP contribution >= 0.6 is 0 Å². The normalized spacial score (nSPS) is 22.4. The summed E-state index contributed by atoms with van der Waals surface area (Å²) in [4.78, 5) is 2.10. The molecule has 0 radical (unpaired) electrons. The molecule has 1 heteroatoms. The van der Waals surface area contributed by atoms with Crippen LogP contribution in [0.3, 0.4) is 0 Å². The maximum Gasteiger partial charge on any atom is -0.00314 e. The first-order valence-corrected chi connectivity index (χ1v) is 5.76. The van der Waals surface area contributed by atoms with Crippen molar-refractivity contribution in [2.75, 3.05) is 14.1 Å². The van der Waals surface area contributed by atoms with Gasteiger partial charge < -0.3 is 4.90 Å². The van der Waals surface area contributed by atoms with Crippen molar-refractivity contribution in [3.05, 3.63) is 84.4 Å². The van der Waals surface area contributed by atoms with E-state index >= 15 is 0 Å². The van der Waals surface area contributed by atoms with E-state index in [9.17, 15) is 0 Å². The average Bonchev–Trinajstić information content (AvgIpc) is 2.38. The fourth-order valence-corrected chi connectivity index (χ4v) is 1.64. The molecular formula is C16H17N-2. The molecule has 0 aromatic rings. The second-order valence-corrected chi connectivity index (χ2v) is 4.23. The van der Waals surface area contributed by atoms with Gasteiger partial charge in [0.05, 0.1) is 0 Å². The van der Waals surface area contributed by atoms with E-state index in [2.05, 4.69) is 80.4 Å². The third kappa shape index (κ3) is 3.22. The molecule has 2 aliphatic rings. The van der Waals surface area contributed by atoms with E-state index in [1.807, 2.05) is 6.08 Å². The molecule has 2 rings (SSSR count). The Morgan fingerprint density at radius 2 is 1.71 bits per heavy atom. The number of hydrogen-bond donors (Lipinski definition) is 0. The van der Waals surface area contributed by atoms with Gasteiger partial charge in [-0.05, 0) is 19.8 Å². The lowest BCUT2D eigenvalue weighted by Gasteiger charge is -2.23. The van der Waals surface area contributed by atoms with Gasteiger partial charge in [0.15, 0.2) is 0 Å². The fourth-order valence-electron chi connectivity index (χ4n) is 1.64. The number of likely N-dealkylation sites (N-methyl/N-ethyl adjacent to an activating group) is 1. The van der Waals surface area contributed by atoms with Crippen LogP contribution in [0.15, 0.2) is 71.5 Å². The number of hydrogen-bond acceptors (Lipinski definition) is 1. The van der Waals surface area contributed by atoms with E-state index in [4.69, 9.17) is 0 Å². The zero-order chi connectivity index (χ0) is 12.1. The zero-order valence-electron chi connectivity index (χ0n) is 10.3. The van der Waals surface area contributed by atoms with E-state index in [0.29, 0.717) is 0 Å². The van der Waals surface area contributed by atoms with Gasteiger partial charge in [0, 0.05) is 0 Å². The molecule has 0 unspecified atom stereocenters. The minimum atomic E-state index is 1.22. The highest BCUT2D eigenvalue weighted by Crippen LogP contribution is 2.17. The molecule has 0 saturated heterocycles. The van der Waals surface area contributed by atoms with Crippen LogP contribution in [0.1, 0.15) is 0 Å². The lowest BCUT2D eigenvalue weighted by Crippen LogP contribution is -2.10. The SMILES string of the molecule is CN(C)C1=C[CH-]C(=CC=C2C=CC=C[CH-]2)C=C1. The van der Waals surface area contributed by atoms with Crippen molar-refractivity contribution in [1.82, 2.24) is 4.90 Å². The molecule has 0 amide bonds. The lowest BCUT2D eigenvalue weighted by atomic mass is 10.0. The van der Waals surface area contributed by atoms with E-state index in [-0.39, 0.29) is 0 Å². The van der Waals surface area contributed by atoms with E-state index in [0.717, 1.165) is 0 Å². The highest BCUT2D eigenvalue weighted by Gasteiger charge is 1.93. The van der Waals surface area contributed by atoms with Gasteiger partial charge in [0.1, 0.15) is 0 Å². The molecular weight excluding hydrogens is 206 g/mol. The summed E-state index contributed by atoms with van der Waals surface area (Å²) in [5, 5.41) is 0. The highest BCUT2D eigenvalue weighted by atomic mass is 15.1. The minimum absolute atomic E-state index is 1.22. The molecule has 17 heavy (non-hydrogen) atoms. The molecule has 1 nitrogen and oxygen atoms in total. The van der Waals surface area contributed by atoms with Crippen LogP contribution in [-0.2, 0) is 0 Å². The van der Waals surface area contributed by atoms with Gasteiger partial charge in [-0.15, -0.1) is 55.4 Å². The summed E-state index contributed by atoms with van der Waals surface area (Å²) in [7, 11) is 4.10. The molecule has 0 aliphatic heterocycles. The molecule has 0 heterocycles. The van der Waals surface area contributed by atoms with Gasteiger partial charge >= 0.3 is 0 Å². The molecule has 0 N–H and O–H groups in total. The Kier molecular flexibility index (Phi) is 3.61. The van der Waals surface area contributed by atoms with E-state index in [1.165, 1.54) is 16.8 Å². The summed E-state index contributed by atoms with van der Waals surface area (Å²) in [6.45, 7) is 0. The molecule has 0 spiro atoms. The molecule has 2 aliphatic carbocycles. The third-order valence-corrected chi connectivity index (χ3v) is 2.68. The van der Waals surface area contributed by atoms with Gasteiger partial charge in [-0.1, -0.05) is 0 Å². The summed E-state index contributed by atoms with van der Waals surface area (Å²) in [6, 6.07) is 0. The largest absolute Gasteiger partial charge is 0.416 e. The summed E-state index contributed by atoms with van der Waals surface area (Å²) >= 11 is 0. The Balaban J connectivity index is 2.00. The maximum absolute atomic E-state index is 2.13. The molecule has 0 fully saturated rings. The molecule has 0 aromatic carbocycles. The van der Waals surface area contributed by atoms with Crippen molar-refractivity contribution in [1.29, 1.82) is 0 Å². The number of rotatable bonds is 2. The van der Waals surface area contributed by atoms with Crippen LogP contribution in [0.25, 0.3) is 0 Å². The predicted molar refractivity (Wildman–Crippen MR) is 74.0 cm³/mol. The van der Waals surface area contributed by atoms with Crippen LogP contribution in [0.4, 0.5) is 0 Å². The Hall–Kier alpha value is -2.02. The van der Waals surface area contributed by atoms with E-state index in [1.54, 1.807) is 0 Å². The standard InChI is InChI=1S/C16H17N/c1-17(2)16-12-10-15(11-13-16)9-8-14-6-4-3-5-7-14/h3-13H,1-2H3/q-2. The van der Waals surface area contributed by atoms with E-state index < -0.39 is 0 Å². The van der Waals surface area contributed by atoms with Crippen molar-refractivity contribution < 1.29 is 0 Å². The first-order chi connectivity index (χ1) is 8.25. The zero-order valence-corrected chi connectivity index (χ0v) is 10.3. The van der Waals surface area contributed by atoms with Gasteiger partial charge in [-0.3, -0.25) is 0 Å². The maximum atomic E-state index is 2.13. The van der Waals surface area contributed by atoms with Crippen LogP contribution in [0.2, 0.25) is 0 Å². The summed E-state index contributed by atoms with van der Waals surface area (Å²) in [5.41, 5.74) is 3.67. The Bertz CT molecular complexity index is 454.